The summed E-state index contributed by atoms with van der Waals surface area (Å²) in [6.07, 6.45) is 5.93. The lowest BCUT2D eigenvalue weighted by molar-refractivity contribution is 0.275. The Bertz CT molecular complexity index is 1430. The van der Waals surface area contributed by atoms with Crippen LogP contribution in [0.3, 0.4) is 0 Å². The number of aromatic nitrogens is 4. The number of nitrogens with zero attached hydrogens (tertiary/aromatic N) is 4. The zero-order valence-corrected chi connectivity index (χ0v) is 19.7. The topological polar surface area (TPSA) is 104 Å². The van der Waals surface area contributed by atoms with Crippen LogP contribution in [-0.2, 0) is 10.0 Å². The first kappa shape index (κ1) is 22.7. The van der Waals surface area contributed by atoms with Crippen LogP contribution in [0.15, 0.2) is 59.9 Å². The van der Waals surface area contributed by atoms with Crippen molar-refractivity contribution in [2.24, 2.45) is 5.92 Å². The van der Waals surface area contributed by atoms with Crippen LogP contribution in [0.25, 0.3) is 22.4 Å². The molecule has 3 aromatic heterocycles. The van der Waals surface area contributed by atoms with E-state index >= 15 is 0 Å². The predicted octanol–water partition coefficient (Wildman–Crippen LogP) is 4.33. The molecule has 11 heteroatoms. The summed E-state index contributed by atoms with van der Waals surface area (Å²) in [5, 5.41) is 4.27. The zero-order chi connectivity index (χ0) is 23.7. The third-order valence-corrected chi connectivity index (χ3v) is 7.99. The molecule has 0 aliphatic carbocycles. The standard InChI is InChI=1S/C23H22ClFN6O2S/c24-16-9-18-19(12-28-21(18)27-11-16)22-29-13-20(25)23(30-22)26-10-15-5-4-8-31(14-15)34(32,33)17-6-2-1-3-7-17/h1-3,6-7,9,11-13,15H,4-5,8,10,14H2,(H,27,28)(H,26,29,30). The Hall–Kier alpha value is -3.08. The molecule has 5 rings (SSSR count). The Balaban J connectivity index is 1.32. The van der Waals surface area contributed by atoms with E-state index in [4.69, 9.17) is 11.6 Å². The van der Waals surface area contributed by atoms with Crippen LogP contribution in [-0.4, -0.2) is 52.3 Å². The molecule has 176 valence electrons. The molecule has 1 saturated heterocycles. The Labute approximate surface area is 201 Å². The van der Waals surface area contributed by atoms with Crippen molar-refractivity contribution >= 4 is 38.5 Å². The number of benzene rings is 1. The van der Waals surface area contributed by atoms with Gasteiger partial charge in [0, 0.05) is 43.0 Å². The van der Waals surface area contributed by atoms with E-state index in [0.29, 0.717) is 41.7 Å². The second-order valence-electron chi connectivity index (χ2n) is 8.21. The van der Waals surface area contributed by atoms with Crippen molar-refractivity contribution in [1.82, 2.24) is 24.2 Å². The van der Waals surface area contributed by atoms with Crippen LogP contribution in [0.4, 0.5) is 10.2 Å². The van der Waals surface area contributed by atoms with Crippen molar-refractivity contribution in [3.05, 3.63) is 65.8 Å². The van der Waals surface area contributed by atoms with E-state index in [2.05, 4.69) is 25.3 Å². The van der Waals surface area contributed by atoms with Gasteiger partial charge in [-0.2, -0.15) is 4.31 Å². The number of fused-ring (bicyclic) bond motifs is 1. The quantitative estimate of drug-likeness (QED) is 0.408. The van der Waals surface area contributed by atoms with Gasteiger partial charge >= 0.3 is 0 Å². The Kier molecular flexibility index (Phi) is 6.20. The number of nitrogens with one attached hydrogen (secondary N) is 2. The van der Waals surface area contributed by atoms with E-state index < -0.39 is 15.8 Å². The third kappa shape index (κ3) is 4.48. The summed E-state index contributed by atoms with van der Waals surface area (Å²) >= 11 is 6.07. The first-order chi connectivity index (χ1) is 16.4. The molecule has 1 aromatic carbocycles. The molecule has 0 saturated carbocycles. The van der Waals surface area contributed by atoms with Crippen LogP contribution in [0.5, 0.6) is 0 Å². The maximum atomic E-state index is 14.5. The Morgan fingerprint density at radius 3 is 2.85 bits per heavy atom. The lowest BCUT2D eigenvalue weighted by Gasteiger charge is -2.32. The van der Waals surface area contributed by atoms with Gasteiger partial charge in [-0.15, -0.1) is 0 Å². The maximum absolute atomic E-state index is 14.5. The van der Waals surface area contributed by atoms with E-state index in [1.807, 2.05) is 0 Å². The van der Waals surface area contributed by atoms with Crippen LogP contribution in [0, 0.1) is 11.7 Å². The number of pyridine rings is 1. The van der Waals surface area contributed by atoms with Crippen molar-refractivity contribution in [3.63, 3.8) is 0 Å². The van der Waals surface area contributed by atoms with Gasteiger partial charge in [0.05, 0.1) is 16.1 Å². The van der Waals surface area contributed by atoms with Gasteiger partial charge in [-0.3, -0.25) is 0 Å². The second kappa shape index (κ2) is 9.28. The molecule has 0 radical (unpaired) electrons. The maximum Gasteiger partial charge on any atom is 0.243 e. The van der Waals surface area contributed by atoms with Gasteiger partial charge in [-0.05, 0) is 37.0 Å². The number of piperidine rings is 1. The summed E-state index contributed by atoms with van der Waals surface area (Å²) in [6, 6.07) is 10.2. The van der Waals surface area contributed by atoms with Crippen molar-refractivity contribution < 1.29 is 12.8 Å². The first-order valence-corrected chi connectivity index (χ1v) is 12.7. The summed E-state index contributed by atoms with van der Waals surface area (Å²) in [6.45, 7) is 1.21. The zero-order valence-electron chi connectivity index (χ0n) is 18.1. The third-order valence-electron chi connectivity index (χ3n) is 5.90. The van der Waals surface area contributed by atoms with Gasteiger partial charge in [-0.1, -0.05) is 29.8 Å². The van der Waals surface area contributed by atoms with Crippen LogP contribution < -0.4 is 5.32 Å². The van der Waals surface area contributed by atoms with Crippen molar-refractivity contribution in [1.29, 1.82) is 0 Å². The highest BCUT2D eigenvalue weighted by atomic mass is 35.5. The number of rotatable bonds is 6. The van der Waals surface area contributed by atoms with E-state index in [-0.39, 0.29) is 16.6 Å². The molecule has 4 heterocycles. The van der Waals surface area contributed by atoms with Crippen LogP contribution in [0.2, 0.25) is 5.02 Å². The highest BCUT2D eigenvalue weighted by Crippen LogP contribution is 2.29. The van der Waals surface area contributed by atoms with E-state index in [1.165, 1.54) is 10.5 Å². The highest BCUT2D eigenvalue weighted by molar-refractivity contribution is 7.89. The van der Waals surface area contributed by atoms with Gasteiger partial charge < -0.3 is 10.3 Å². The van der Waals surface area contributed by atoms with Gasteiger partial charge in [0.1, 0.15) is 5.65 Å². The average molecular weight is 501 g/mol. The lowest BCUT2D eigenvalue weighted by atomic mass is 10.00. The van der Waals surface area contributed by atoms with Crippen LogP contribution >= 0.6 is 11.6 Å². The summed E-state index contributed by atoms with van der Waals surface area (Å²) in [4.78, 5) is 16.0. The number of H-pyrrole nitrogens is 1. The number of sulfonamides is 1. The molecule has 2 N–H and O–H groups in total. The molecular weight excluding hydrogens is 479 g/mol. The molecular formula is C23H22ClFN6O2S. The fourth-order valence-corrected chi connectivity index (χ4v) is 5.91. The summed E-state index contributed by atoms with van der Waals surface area (Å²) in [5.41, 5.74) is 1.29. The van der Waals surface area contributed by atoms with E-state index in [1.54, 1.807) is 42.6 Å². The molecule has 1 aliphatic rings. The molecule has 1 aliphatic heterocycles. The Morgan fingerprint density at radius 1 is 1.21 bits per heavy atom. The molecule has 1 fully saturated rings. The smallest absolute Gasteiger partial charge is 0.243 e. The average Bonchev–Trinajstić information content (AvgIpc) is 3.27. The molecule has 8 nitrogen and oxygen atoms in total. The molecule has 0 spiro atoms. The molecule has 4 aromatic rings. The van der Waals surface area contributed by atoms with Crippen molar-refractivity contribution in [2.75, 3.05) is 25.0 Å². The van der Waals surface area contributed by atoms with E-state index in [0.717, 1.165) is 24.4 Å². The monoisotopic (exact) mass is 500 g/mol. The lowest BCUT2D eigenvalue weighted by Crippen LogP contribution is -2.41. The minimum Gasteiger partial charge on any atom is -0.367 e. The SMILES string of the molecule is O=S(=O)(c1ccccc1)N1CCCC(CNc2nc(-c3c[nH]c4ncc(Cl)cc34)ncc2F)C1. The van der Waals surface area contributed by atoms with Gasteiger partial charge in [0.15, 0.2) is 17.5 Å². The highest BCUT2D eigenvalue weighted by Gasteiger charge is 2.30. The van der Waals surface area contributed by atoms with Crippen LogP contribution in [0.1, 0.15) is 12.8 Å². The first-order valence-electron chi connectivity index (χ1n) is 10.9. The molecule has 1 atom stereocenters. The van der Waals surface area contributed by atoms with Gasteiger partial charge in [0.2, 0.25) is 10.0 Å². The summed E-state index contributed by atoms with van der Waals surface area (Å²) < 4.78 is 41.9. The Morgan fingerprint density at radius 2 is 2.03 bits per heavy atom. The second-order valence-corrected chi connectivity index (χ2v) is 10.6. The minimum absolute atomic E-state index is 0.0150. The summed E-state index contributed by atoms with van der Waals surface area (Å²) in [7, 11) is -3.56. The van der Waals surface area contributed by atoms with Gasteiger partial charge in [0.25, 0.3) is 0 Å². The summed E-state index contributed by atoms with van der Waals surface area (Å²) in [5.74, 6) is -0.168. The largest absolute Gasteiger partial charge is 0.367 e. The predicted molar refractivity (Wildman–Crippen MR) is 129 cm³/mol. The number of hydrogen-bond donors (Lipinski definition) is 2. The number of hydrogen-bond acceptors (Lipinski definition) is 6. The molecule has 0 amide bonds. The number of aromatic amines is 1. The van der Waals surface area contributed by atoms with Gasteiger partial charge in [-0.25, -0.2) is 27.8 Å². The fraction of sp³-hybridized carbons (Fsp3) is 0.261. The molecule has 1 unspecified atom stereocenters. The number of anilines is 1. The van der Waals surface area contributed by atoms with E-state index in [9.17, 15) is 12.8 Å². The van der Waals surface area contributed by atoms with Crippen molar-refractivity contribution in [2.45, 2.75) is 17.7 Å². The number of halogens is 2. The molecule has 34 heavy (non-hydrogen) atoms. The fourth-order valence-electron chi connectivity index (χ4n) is 4.18. The van der Waals surface area contributed by atoms with Crippen molar-refractivity contribution in [3.8, 4) is 11.4 Å². The molecule has 0 bridgehead atoms. The minimum atomic E-state index is -3.56. The normalized spacial score (nSPS) is 17.2.